The molecule has 5 rings (SSSR count). The van der Waals surface area contributed by atoms with Crippen molar-refractivity contribution in [3.63, 3.8) is 0 Å². The van der Waals surface area contributed by atoms with Gasteiger partial charge in [0.05, 0.1) is 16.8 Å². The maximum atomic E-state index is 13.7. The maximum absolute atomic E-state index is 13.7. The summed E-state index contributed by atoms with van der Waals surface area (Å²) in [6, 6.07) is 24.5. The summed E-state index contributed by atoms with van der Waals surface area (Å²) in [5.41, 5.74) is 11.7. The SMILES string of the molecule is CC.CNC(=O)c1c(-c2ccc(F)cc2)oc2cc(N(C)SC)c(-c3ccc(N)c(C(=O)NCc4ccccc4)c3)cc12. The van der Waals surface area contributed by atoms with Crippen LogP contribution < -0.4 is 20.7 Å². The number of benzene rings is 4. The zero-order valence-electron chi connectivity index (χ0n) is 24.8. The quantitative estimate of drug-likeness (QED) is 0.126. The second-order valence-corrected chi connectivity index (χ2v) is 10.3. The van der Waals surface area contributed by atoms with Gasteiger partial charge in [0.15, 0.2) is 0 Å². The number of hydrogen-bond acceptors (Lipinski definition) is 6. The first-order chi connectivity index (χ1) is 20.8. The third kappa shape index (κ3) is 6.67. The van der Waals surface area contributed by atoms with Crippen LogP contribution in [0.2, 0.25) is 0 Å². The van der Waals surface area contributed by atoms with E-state index in [1.165, 1.54) is 24.1 Å². The standard InChI is InChI=1S/C32H29FN4O3S.C2H6/c1-35-32(39)29-25-16-23(21-11-14-26(34)24(15-21)31(38)36-18-19-7-5-4-6-8-19)27(37(2)41-3)17-28(25)40-30(29)20-9-12-22(33)13-10-20;1-2/h4-17H,18,34H2,1-3H3,(H,35,39)(H,36,38);1-2H3. The Bertz CT molecular complexity index is 1740. The fourth-order valence-electron chi connectivity index (χ4n) is 4.67. The molecule has 0 saturated heterocycles. The van der Waals surface area contributed by atoms with Gasteiger partial charge in [-0.05, 0) is 53.6 Å². The molecule has 0 radical (unpaired) electrons. The summed E-state index contributed by atoms with van der Waals surface area (Å²) in [6.45, 7) is 4.37. The molecule has 0 spiro atoms. The predicted octanol–water partition coefficient (Wildman–Crippen LogP) is 7.52. The van der Waals surface area contributed by atoms with Crippen molar-refractivity contribution >= 4 is 46.1 Å². The molecule has 9 heteroatoms. The Labute approximate surface area is 255 Å². The lowest BCUT2D eigenvalue weighted by Crippen LogP contribution is -2.23. The maximum Gasteiger partial charge on any atom is 0.255 e. The number of anilines is 2. The van der Waals surface area contributed by atoms with E-state index in [2.05, 4.69) is 10.6 Å². The summed E-state index contributed by atoms with van der Waals surface area (Å²) < 4.78 is 21.8. The highest BCUT2D eigenvalue weighted by Crippen LogP contribution is 2.42. The minimum absolute atomic E-state index is 0.290. The summed E-state index contributed by atoms with van der Waals surface area (Å²) in [4.78, 5) is 26.3. The summed E-state index contributed by atoms with van der Waals surface area (Å²) in [5, 5.41) is 6.22. The van der Waals surface area contributed by atoms with Crippen molar-refractivity contribution in [3.8, 4) is 22.5 Å². The number of nitrogens with zero attached hydrogens (tertiary/aromatic N) is 1. The largest absolute Gasteiger partial charge is 0.455 e. The van der Waals surface area contributed by atoms with E-state index in [4.69, 9.17) is 10.2 Å². The van der Waals surface area contributed by atoms with E-state index in [1.54, 1.807) is 31.3 Å². The van der Waals surface area contributed by atoms with Crippen LogP contribution in [0, 0.1) is 5.82 Å². The summed E-state index contributed by atoms with van der Waals surface area (Å²) >= 11 is 1.50. The first kappa shape index (κ1) is 31.2. The van der Waals surface area contributed by atoms with Gasteiger partial charge in [-0.15, -0.1) is 0 Å². The molecule has 2 amide bonds. The summed E-state index contributed by atoms with van der Waals surface area (Å²) in [5.74, 6) is -0.669. The van der Waals surface area contributed by atoms with Crippen molar-refractivity contribution in [3.05, 3.63) is 107 Å². The van der Waals surface area contributed by atoms with E-state index < -0.39 is 0 Å². The highest BCUT2D eigenvalue weighted by atomic mass is 32.2. The Hall–Kier alpha value is -4.76. The molecule has 1 aromatic heterocycles. The highest BCUT2D eigenvalue weighted by molar-refractivity contribution is 7.99. The minimum Gasteiger partial charge on any atom is -0.455 e. The van der Waals surface area contributed by atoms with Gasteiger partial charge in [-0.2, -0.15) is 0 Å². The van der Waals surface area contributed by atoms with Gasteiger partial charge in [-0.3, -0.25) is 9.59 Å². The van der Waals surface area contributed by atoms with Crippen LogP contribution in [0.3, 0.4) is 0 Å². The molecule has 0 aliphatic rings. The Morgan fingerprint density at radius 1 is 0.930 bits per heavy atom. The molecule has 43 heavy (non-hydrogen) atoms. The monoisotopic (exact) mass is 598 g/mol. The number of nitrogens with one attached hydrogen (secondary N) is 2. The lowest BCUT2D eigenvalue weighted by molar-refractivity contribution is 0.0948. The highest BCUT2D eigenvalue weighted by Gasteiger charge is 2.25. The van der Waals surface area contributed by atoms with Gasteiger partial charge >= 0.3 is 0 Å². The van der Waals surface area contributed by atoms with Gasteiger partial charge in [0, 0.05) is 55.2 Å². The Kier molecular flexibility index (Phi) is 10.1. The van der Waals surface area contributed by atoms with E-state index >= 15 is 0 Å². The fourth-order valence-corrected chi connectivity index (χ4v) is 5.02. The zero-order chi connectivity index (χ0) is 31.1. The van der Waals surface area contributed by atoms with Crippen LogP contribution in [0.15, 0.2) is 89.3 Å². The smallest absolute Gasteiger partial charge is 0.255 e. The molecule has 0 unspecified atom stereocenters. The van der Waals surface area contributed by atoms with Gasteiger partial charge in [0.2, 0.25) is 0 Å². The van der Waals surface area contributed by atoms with E-state index in [-0.39, 0.29) is 17.6 Å². The summed E-state index contributed by atoms with van der Waals surface area (Å²) in [7, 11) is 3.47. The molecule has 1 heterocycles. The number of furan rings is 1. The molecular formula is C34H35FN4O3S. The number of hydrogen-bond donors (Lipinski definition) is 3. The van der Waals surface area contributed by atoms with Crippen molar-refractivity contribution in [2.75, 3.05) is 30.4 Å². The van der Waals surface area contributed by atoms with E-state index in [9.17, 15) is 14.0 Å². The molecule has 0 aliphatic heterocycles. The number of halogens is 1. The molecule has 222 valence electrons. The molecule has 0 bridgehead atoms. The Morgan fingerprint density at radius 3 is 2.26 bits per heavy atom. The number of amides is 2. The second-order valence-electron chi connectivity index (χ2n) is 9.41. The van der Waals surface area contributed by atoms with Crippen LogP contribution >= 0.6 is 11.9 Å². The van der Waals surface area contributed by atoms with Crippen LogP contribution in [0.5, 0.6) is 0 Å². The van der Waals surface area contributed by atoms with Crippen molar-refractivity contribution in [1.29, 1.82) is 0 Å². The third-order valence-corrected chi connectivity index (χ3v) is 7.63. The van der Waals surface area contributed by atoms with Crippen molar-refractivity contribution < 1.29 is 18.4 Å². The van der Waals surface area contributed by atoms with E-state index in [0.29, 0.717) is 45.7 Å². The molecule has 4 N–H and O–H groups in total. The molecule has 0 saturated carbocycles. The van der Waals surface area contributed by atoms with Gasteiger partial charge < -0.3 is 25.1 Å². The minimum atomic E-state index is -0.385. The third-order valence-electron chi connectivity index (χ3n) is 6.88. The van der Waals surface area contributed by atoms with Gasteiger partial charge in [-0.25, -0.2) is 4.39 Å². The molecule has 0 fully saturated rings. The van der Waals surface area contributed by atoms with Crippen LogP contribution in [-0.2, 0) is 6.54 Å². The molecular weight excluding hydrogens is 563 g/mol. The molecule has 7 nitrogen and oxygen atoms in total. The number of carbonyl (C=O) groups excluding carboxylic acids is 2. The lowest BCUT2D eigenvalue weighted by Gasteiger charge is -2.20. The van der Waals surface area contributed by atoms with Gasteiger partial charge in [0.1, 0.15) is 17.2 Å². The first-order valence-corrected chi connectivity index (χ1v) is 15.1. The summed E-state index contributed by atoms with van der Waals surface area (Å²) in [6.07, 6.45) is 1.95. The zero-order valence-corrected chi connectivity index (χ0v) is 25.6. The second kappa shape index (κ2) is 13.9. The molecule has 0 atom stereocenters. The average Bonchev–Trinajstić information content (AvgIpc) is 3.42. The number of rotatable bonds is 8. The fraction of sp³-hybridized carbons (Fsp3) is 0.176. The topological polar surface area (TPSA) is 101 Å². The molecule has 5 aromatic rings. The predicted molar refractivity (Wildman–Crippen MR) is 176 cm³/mol. The van der Waals surface area contributed by atoms with Gasteiger partial charge in [0.25, 0.3) is 11.8 Å². The van der Waals surface area contributed by atoms with Crippen LogP contribution in [-0.4, -0.2) is 32.2 Å². The first-order valence-electron chi connectivity index (χ1n) is 13.9. The molecule has 4 aromatic carbocycles. The van der Waals surface area contributed by atoms with Crippen molar-refractivity contribution in [2.45, 2.75) is 20.4 Å². The van der Waals surface area contributed by atoms with Gasteiger partial charge in [-0.1, -0.05) is 62.2 Å². The number of nitrogen functional groups attached to an aromatic ring is 1. The lowest BCUT2D eigenvalue weighted by atomic mass is 9.96. The van der Waals surface area contributed by atoms with Crippen LogP contribution in [0.4, 0.5) is 15.8 Å². The number of carbonyl (C=O) groups is 2. The average molecular weight is 599 g/mol. The van der Waals surface area contributed by atoms with E-state index in [1.807, 2.05) is 80.0 Å². The normalized spacial score (nSPS) is 10.6. The van der Waals surface area contributed by atoms with Crippen LogP contribution in [0.1, 0.15) is 40.1 Å². The number of nitrogens with two attached hydrogens (primary N) is 1. The Morgan fingerprint density at radius 2 is 1.60 bits per heavy atom. The Balaban J connectivity index is 0.00000207. The number of fused-ring (bicyclic) bond motifs is 1. The van der Waals surface area contributed by atoms with Crippen molar-refractivity contribution in [2.24, 2.45) is 0 Å². The van der Waals surface area contributed by atoms with Crippen LogP contribution in [0.25, 0.3) is 33.4 Å². The molecule has 0 aliphatic carbocycles. The van der Waals surface area contributed by atoms with E-state index in [0.717, 1.165) is 22.4 Å². The van der Waals surface area contributed by atoms with Crippen molar-refractivity contribution in [1.82, 2.24) is 10.6 Å².